The van der Waals surface area contributed by atoms with Gasteiger partial charge in [0.15, 0.2) is 11.6 Å². The Hall–Kier alpha value is -2.20. The first-order valence-corrected chi connectivity index (χ1v) is 9.62. The molecule has 1 aliphatic rings. The van der Waals surface area contributed by atoms with E-state index in [1.54, 1.807) is 13.0 Å². The van der Waals surface area contributed by atoms with Gasteiger partial charge in [-0.05, 0) is 67.7 Å². The van der Waals surface area contributed by atoms with E-state index in [9.17, 15) is 8.78 Å². The van der Waals surface area contributed by atoms with E-state index in [2.05, 4.69) is 6.08 Å². The molecular weight excluding hydrogens is 346 g/mol. The summed E-state index contributed by atoms with van der Waals surface area (Å²) in [5, 5.41) is 8.88. The largest absolute Gasteiger partial charge is 0.491 e. The summed E-state index contributed by atoms with van der Waals surface area (Å²) in [6.07, 6.45) is 8.37. The van der Waals surface area contributed by atoms with Crippen molar-refractivity contribution in [2.75, 3.05) is 13.2 Å². The Morgan fingerprint density at radius 3 is 2.33 bits per heavy atom. The monoisotopic (exact) mass is 372 g/mol. The molecule has 1 aliphatic carbocycles. The van der Waals surface area contributed by atoms with Gasteiger partial charge < -0.3 is 9.84 Å². The Labute approximate surface area is 159 Å². The van der Waals surface area contributed by atoms with Crippen LogP contribution in [0.5, 0.6) is 5.75 Å². The molecule has 0 heterocycles. The molecular formula is C23H26F2O2. The van der Waals surface area contributed by atoms with Crippen LogP contribution in [0.15, 0.2) is 48.6 Å². The van der Waals surface area contributed by atoms with Gasteiger partial charge >= 0.3 is 0 Å². The van der Waals surface area contributed by atoms with E-state index in [0.29, 0.717) is 24.0 Å². The molecule has 1 fully saturated rings. The van der Waals surface area contributed by atoms with Crippen LogP contribution < -0.4 is 4.74 Å². The van der Waals surface area contributed by atoms with Crippen LogP contribution in [0.2, 0.25) is 0 Å². The highest BCUT2D eigenvalue weighted by atomic mass is 19.2. The van der Waals surface area contributed by atoms with Gasteiger partial charge in [0.05, 0.1) is 13.2 Å². The Morgan fingerprint density at radius 1 is 1.00 bits per heavy atom. The third-order valence-electron chi connectivity index (χ3n) is 5.33. The van der Waals surface area contributed by atoms with Gasteiger partial charge in [0.25, 0.3) is 0 Å². The fourth-order valence-corrected chi connectivity index (χ4v) is 3.85. The van der Waals surface area contributed by atoms with Crippen molar-refractivity contribution in [2.24, 2.45) is 5.92 Å². The molecule has 0 unspecified atom stereocenters. The van der Waals surface area contributed by atoms with Crippen molar-refractivity contribution in [1.29, 1.82) is 0 Å². The van der Waals surface area contributed by atoms with Crippen molar-refractivity contribution in [3.8, 4) is 16.9 Å². The maximum atomic E-state index is 14.4. The zero-order chi connectivity index (χ0) is 19.2. The summed E-state index contributed by atoms with van der Waals surface area (Å²) in [6.45, 7) is 2.13. The highest BCUT2D eigenvalue weighted by molar-refractivity contribution is 5.65. The molecule has 0 atom stereocenters. The van der Waals surface area contributed by atoms with Crippen molar-refractivity contribution in [3.05, 3.63) is 65.7 Å². The van der Waals surface area contributed by atoms with Crippen molar-refractivity contribution in [1.82, 2.24) is 0 Å². The molecule has 1 N–H and O–H groups in total. The fraction of sp³-hybridized carbons (Fsp3) is 0.391. The van der Waals surface area contributed by atoms with Gasteiger partial charge in [-0.25, -0.2) is 4.39 Å². The normalized spacial score (nSPS) is 20.1. The van der Waals surface area contributed by atoms with Crippen LogP contribution in [-0.2, 0) is 0 Å². The van der Waals surface area contributed by atoms with Crippen LogP contribution in [0, 0.1) is 17.6 Å². The second kappa shape index (κ2) is 9.14. The van der Waals surface area contributed by atoms with E-state index in [-0.39, 0.29) is 17.9 Å². The third-order valence-corrected chi connectivity index (χ3v) is 5.33. The zero-order valence-electron chi connectivity index (χ0n) is 15.6. The average molecular weight is 372 g/mol. The second-order valence-corrected chi connectivity index (χ2v) is 7.02. The molecule has 1 saturated carbocycles. The predicted molar refractivity (Wildman–Crippen MR) is 104 cm³/mol. The van der Waals surface area contributed by atoms with Crippen LogP contribution in [-0.4, -0.2) is 18.3 Å². The minimum Gasteiger partial charge on any atom is -0.491 e. The van der Waals surface area contributed by atoms with Gasteiger partial charge in [0, 0.05) is 5.56 Å². The second-order valence-electron chi connectivity index (χ2n) is 7.02. The first-order valence-electron chi connectivity index (χ1n) is 9.62. The summed E-state index contributed by atoms with van der Waals surface area (Å²) in [6, 6.07) is 10.8. The summed E-state index contributed by atoms with van der Waals surface area (Å²) in [4.78, 5) is 0. The lowest BCUT2D eigenvalue weighted by molar-refractivity contribution is 0.314. The Bertz CT molecular complexity index is 776. The molecule has 0 saturated heterocycles. The number of aliphatic hydroxyl groups is 1. The molecule has 2 aromatic rings. The minimum absolute atomic E-state index is 0.0534. The molecule has 2 aromatic carbocycles. The fourth-order valence-electron chi connectivity index (χ4n) is 3.85. The Kier molecular flexibility index (Phi) is 6.62. The van der Waals surface area contributed by atoms with E-state index in [4.69, 9.17) is 9.84 Å². The van der Waals surface area contributed by atoms with Gasteiger partial charge in [0.1, 0.15) is 0 Å². The first kappa shape index (κ1) is 19.6. The number of hydrogen-bond donors (Lipinski definition) is 1. The lowest BCUT2D eigenvalue weighted by Crippen LogP contribution is -2.11. The smallest absolute Gasteiger partial charge is 0.201 e. The molecule has 0 radical (unpaired) electrons. The van der Waals surface area contributed by atoms with Gasteiger partial charge in [0.2, 0.25) is 5.82 Å². The highest BCUT2D eigenvalue weighted by Gasteiger charge is 2.21. The third kappa shape index (κ3) is 4.56. The Balaban J connectivity index is 1.71. The quantitative estimate of drug-likeness (QED) is 0.644. The summed E-state index contributed by atoms with van der Waals surface area (Å²) in [7, 11) is 0. The van der Waals surface area contributed by atoms with Crippen LogP contribution >= 0.6 is 0 Å². The number of hydrogen-bond acceptors (Lipinski definition) is 2. The molecule has 0 aromatic heterocycles. The van der Waals surface area contributed by atoms with E-state index < -0.39 is 11.6 Å². The Morgan fingerprint density at radius 2 is 1.70 bits per heavy atom. The number of benzene rings is 2. The van der Waals surface area contributed by atoms with E-state index in [1.807, 2.05) is 30.3 Å². The lowest BCUT2D eigenvalue weighted by atomic mass is 9.78. The molecule has 0 spiro atoms. The van der Waals surface area contributed by atoms with Gasteiger partial charge in [-0.1, -0.05) is 36.4 Å². The molecule has 4 heteroatoms. The molecule has 2 nitrogen and oxygen atoms in total. The predicted octanol–water partition coefficient (Wildman–Crippen LogP) is 5.85. The molecule has 144 valence electrons. The summed E-state index contributed by atoms with van der Waals surface area (Å²) in [5.74, 6) is -0.812. The molecule has 27 heavy (non-hydrogen) atoms. The van der Waals surface area contributed by atoms with Crippen molar-refractivity contribution < 1.29 is 18.6 Å². The molecule has 0 amide bonds. The maximum absolute atomic E-state index is 14.4. The number of ether oxygens (including phenoxy) is 1. The first-order chi connectivity index (χ1) is 13.1. The summed E-state index contributed by atoms with van der Waals surface area (Å²) >= 11 is 0. The van der Waals surface area contributed by atoms with Gasteiger partial charge in [-0.15, -0.1) is 0 Å². The standard InChI is InChI=1S/C23H26F2O2/c1-2-27-21-14-13-20(22(24)23(21)25)19-11-9-18(10-12-19)17-7-5-16(6-8-17)4-3-15-26/h3-4,9-14,16-17,26H,2,5-8,15H2,1H3. The summed E-state index contributed by atoms with van der Waals surface area (Å²) in [5.41, 5.74) is 2.16. The van der Waals surface area contributed by atoms with Gasteiger partial charge in [-0.2, -0.15) is 4.39 Å². The molecule has 0 aliphatic heterocycles. The van der Waals surface area contributed by atoms with Gasteiger partial charge in [-0.3, -0.25) is 0 Å². The van der Waals surface area contributed by atoms with E-state index >= 15 is 0 Å². The van der Waals surface area contributed by atoms with Crippen molar-refractivity contribution in [2.45, 2.75) is 38.5 Å². The highest BCUT2D eigenvalue weighted by Crippen LogP contribution is 2.37. The van der Waals surface area contributed by atoms with Crippen LogP contribution in [0.1, 0.15) is 44.1 Å². The SMILES string of the molecule is CCOc1ccc(-c2ccc(C3CCC(C=CCO)CC3)cc2)c(F)c1F. The maximum Gasteiger partial charge on any atom is 0.201 e. The average Bonchev–Trinajstić information content (AvgIpc) is 2.71. The van der Waals surface area contributed by atoms with E-state index in [1.165, 1.54) is 11.6 Å². The van der Waals surface area contributed by atoms with Crippen LogP contribution in [0.4, 0.5) is 8.78 Å². The lowest BCUT2D eigenvalue weighted by Gasteiger charge is -2.27. The molecule has 3 rings (SSSR count). The van der Waals surface area contributed by atoms with Crippen molar-refractivity contribution >= 4 is 0 Å². The number of allylic oxidation sites excluding steroid dienone is 1. The number of aliphatic hydroxyl groups excluding tert-OH is 1. The topological polar surface area (TPSA) is 29.5 Å². The number of rotatable bonds is 6. The number of halogens is 2. The van der Waals surface area contributed by atoms with Crippen molar-refractivity contribution in [3.63, 3.8) is 0 Å². The minimum atomic E-state index is -0.937. The summed E-state index contributed by atoms with van der Waals surface area (Å²) < 4.78 is 33.6. The van der Waals surface area contributed by atoms with Crippen LogP contribution in [0.25, 0.3) is 11.1 Å². The zero-order valence-corrected chi connectivity index (χ0v) is 15.6. The molecule has 0 bridgehead atoms. The van der Waals surface area contributed by atoms with E-state index in [0.717, 1.165) is 25.7 Å². The van der Waals surface area contributed by atoms with Crippen LogP contribution in [0.3, 0.4) is 0 Å².